The van der Waals surface area contributed by atoms with E-state index in [1.165, 1.54) is 12.8 Å². The SMILES string of the molecule is CCOC(=O)C1CCC(O)(CN2CCCC2C(C)C)CC1. The number of β-amino-alcohol motifs (C(OH)–C–C–N with tert-alkyl or cyclic N) is 1. The van der Waals surface area contributed by atoms with Gasteiger partial charge in [-0.2, -0.15) is 0 Å². The van der Waals surface area contributed by atoms with Crippen LogP contribution < -0.4 is 0 Å². The van der Waals surface area contributed by atoms with Crippen molar-refractivity contribution in [2.75, 3.05) is 19.7 Å². The number of likely N-dealkylation sites (tertiary alicyclic amines) is 1. The molecule has 21 heavy (non-hydrogen) atoms. The van der Waals surface area contributed by atoms with Crippen molar-refractivity contribution in [2.24, 2.45) is 11.8 Å². The van der Waals surface area contributed by atoms with Gasteiger partial charge in [-0.1, -0.05) is 13.8 Å². The van der Waals surface area contributed by atoms with Crippen LogP contribution in [0.4, 0.5) is 0 Å². The number of carbonyl (C=O) groups is 1. The number of rotatable bonds is 5. The zero-order valence-corrected chi connectivity index (χ0v) is 13.8. The summed E-state index contributed by atoms with van der Waals surface area (Å²) >= 11 is 0. The molecule has 4 nitrogen and oxygen atoms in total. The normalized spacial score (nSPS) is 34.3. The summed E-state index contributed by atoms with van der Waals surface area (Å²) in [5.41, 5.74) is -0.611. The van der Waals surface area contributed by atoms with Gasteiger partial charge >= 0.3 is 5.97 Å². The minimum atomic E-state index is -0.611. The number of nitrogens with zero attached hydrogens (tertiary/aromatic N) is 1. The van der Waals surface area contributed by atoms with Gasteiger partial charge in [0.2, 0.25) is 0 Å². The summed E-state index contributed by atoms with van der Waals surface area (Å²) in [6.07, 6.45) is 5.45. The number of aliphatic hydroxyl groups is 1. The second-order valence-electron chi connectivity index (χ2n) is 7.17. The molecular formula is C17H31NO3. The van der Waals surface area contributed by atoms with Crippen LogP contribution in [0.1, 0.15) is 59.3 Å². The molecule has 1 saturated carbocycles. The predicted octanol–water partition coefficient (Wildman–Crippen LogP) is 2.59. The molecular weight excluding hydrogens is 266 g/mol. The van der Waals surface area contributed by atoms with Crippen LogP contribution >= 0.6 is 0 Å². The van der Waals surface area contributed by atoms with Crippen molar-refractivity contribution >= 4 is 5.97 Å². The molecule has 1 saturated heterocycles. The molecule has 0 aromatic heterocycles. The lowest BCUT2D eigenvalue weighted by molar-refractivity contribution is -0.151. The van der Waals surface area contributed by atoms with Gasteiger partial charge in [-0.05, 0) is 57.9 Å². The molecule has 1 atom stereocenters. The van der Waals surface area contributed by atoms with Crippen LogP contribution in [0.15, 0.2) is 0 Å². The summed E-state index contributed by atoms with van der Waals surface area (Å²) < 4.78 is 5.10. The molecule has 0 aromatic carbocycles. The second-order valence-corrected chi connectivity index (χ2v) is 7.17. The summed E-state index contributed by atoms with van der Waals surface area (Å²) in [6.45, 7) is 8.70. The molecule has 1 unspecified atom stereocenters. The number of esters is 1. The Balaban J connectivity index is 1.86. The molecule has 0 bridgehead atoms. The van der Waals surface area contributed by atoms with Gasteiger partial charge in [-0.15, -0.1) is 0 Å². The highest BCUT2D eigenvalue weighted by molar-refractivity contribution is 5.72. The molecule has 0 amide bonds. The van der Waals surface area contributed by atoms with E-state index in [0.29, 0.717) is 18.6 Å². The van der Waals surface area contributed by atoms with Crippen LogP contribution in [0.5, 0.6) is 0 Å². The predicted molar refractivity (Wildman–Crippen MR) is 83.0 cm³/mol. The Kier molecular flexibility index (Phi) is 5.67. The molecule has 4 heteroatoms. The van der Waals surface area contributed by atoms with Gasteiger partial charge in [0, 0.05) is 12.6 Å². The van der Waals surface area contributed by atoms with Gasteiger partial charge in [0.05, 0.1) is 18.1 Å². The summed E-state index contributed by atoms with van der Waals surface area (Å²) in [6, 6.07) is 0.608. The number of hydrogen-bond acceptors (Lipinski definition) is 4. The highest BCUT2D eigenvalue weighted by atomic mass is 16.5. The smallest absolute Gasteiger partial charge is 0.308 e. The topological polar surface area (TPSA) is 49.8 Å². The van der Waals surface area contributed by atoms with Gasteiger partial charge < -0.3 is 9.84 Å². The van der Waals surface area contributed by atoms with E-state index in [4.69, 9.17) is 4.74 Å². The van der Waals surface area contributed by atoms with E-state index in [-0.39, 0.29) is 11.9 Å². The second kappa shape index (κ2) is 7.10. The molecule has 0 radical (unpaired) electrons. The zero-order chi connectivity index (χ0) is 15.5. The third-order valence-electron chi connectivity index (χ3n) is 5.22. The van der Waals surface area contributed by atoms with Crippen LogP contribution in [0, 0.1) is 11.8 Å². The highest BCUT2D eigenvalue weighted by Gasteiger charge is 2.40. The number of carbonyl (C=O) groups excluding carboxylic acids is 1. The third kappa shape index (κ3) is 4.19. The van der Waals surface area contributed by atoms with Crippen LogP contribution in [0.2, 0.25) is 0 Å². The lowest BCUT2D eigenvalue weighted by atomic mass is 9.78. The largest absolute Gasteiger partial charge is 0.466 e. The molecule has 1 N–H and O–H groups in total. The molecule has 1 aliphatic carbocycles. The Morgan fingerprint density at radius 1 is 1.33 bits per heavy atom. The Morgan fingerprint density at radius 2 is 2.00 bits per heavy atom. The van der Waals surface area contributed by atoms with Gasteiger partial charge in [0.1, 0.15) is 0 Å². The monoisotopic (exact) mass is 297 g/mol. The van der Waals surface area contributed by atoms with Crippen molar-refractivity contribution in [1.82, 2.24) is 4.90 Å². The minimum absolute atomic E-state index is 0.00954. The Bertz CT molecular complexity index is 348. The van der Waals surface area contributed by atoms with Crippen LogP contribution in [-0.4, -0.2) is 47.3 Å². The van der Waals surface area contributed by atoms with Crippen molar-refractivity contribution < 1.29 is 14.6 Å². The van der Waals surface area contributed by atoms with E-state index in [0.717, 1.165) is 38.8 Å². The van der Waals surface area contributed by atoms with Crippen LogP contribution in [0.25, 0.3) is 0 Å². The molecule has 2 rings (SSSR count). The van der Waals surface area contributed by atoms with Crippen molar-refractivity contribution in [3.63, 3.8) is 0 Å². The van der Waals surface area contributed by atoms with Crippen molar-refractivity contribution in [3.8, 4) is 0 Å². The van der Waals surface area contributed by atoms with Crippen molar-refractivity contribution in [3.05, 3.63) is 0 Å². The lowest BCUT2D eigenvalue weighted by Crippen LogP contribution is -2.48. The van der Waals surface area contributed by atoms with E-state index >= 15 is 0 Å². The Hall–Kier alpha value is -0.610. The fraction of sp³-hybridized carbons (Fsp3) is 0.941. The van der Waals surface area contributed by atoms with Crippen molar-refractivity contribution in [1.29, 1.82) is 0 Å². The summed E-state index contributed by atoms with van der Waals surface area (Å²) in [5, 5.41) is 10.9. The van der Waals surface area contributed by atoms with E-state index < -0.39 is 5.60 Å². The summed E-state index contributed by atoms with van der Waals surface area (Å²) in [7, 11) is 0. The molecule has 0 spiro atoms. The summed E-state index contributed by atoms with van der Waals surface area (Å²) in [4.78, 5) is 14.2. The molecule has 0 aromatic rings. The zero-order valence-electron chi connectivity index (χ0n) is 13.8. The van der Waals surface area contributed by atoms with Gasteiger partial charge in [0.25, 0.3) is 0 Å². The fourth-order valence-electron chi connectivity index (χ4n) is 3.99. The first kappa shape index (κ1) is 16.8. The van der Waals surface area contributed by atoms with Gasteiger partial charge in [-0.25, -0.2) is 0 Å². The van der Waals surface area contributed by atoms with E-state index in [2.05, 4.69) is 18.7 Å². The first-order valence-corrected chi connectivity index (χ1v) is 8.58. The molecule has 1 aliphatic heterocycles. The standard InChI is InChI=1S/C17H31NO3/c1-4-21-16(19)14-7-9-17(20,10-8-14)12-18-11-5-6-15(18)13(2)3/h13-15,20H,4-12H2,1-3H3. The van der Waals surface area contributed by atoms with Gasteiger partial charge in [-0.3, -0.25) is 9.69 Å². The maximum absolute atomic E-state index is 11.8. The fourth-order valence-corrected chi connectivity index (χ4v) is 3.99. The molecule has 1 heterocycles. The molecule has 122 valence electrons. The van der Waals surface area contributed by atoms with Crippen LogP contribution in [0.3, 0.4) is 0 Å². The highest BCUT2D eigenvalue weighted by Crippen LogP contribution is 2.35. The first-order valence-electron chi connectivity index (χ1n) is 8.58. The Morgan fingerprint density at radius 3 is 2.57 bits per heavy atom. The van der Waals surface area contributed by atoms with E-state index in [1.54, 1.807) is 0 Å². The number of hydrogen-bond donors (Lipinski definition) is 1. The average molecular weight is 297 g/mol. The molecule has 2 aliphatic rings. The first-order chi connectivity index (χ1) is 9.95. The Labute approximate surface area is 128 Å². The average Bonchev–Trinajstić information content (AvgIpc) is 2.87. The van der Waals surface area contributed by atoms with E-state index in [9.17, 15) is 9.90 Å². The van der Waals surface area contributed by atoms with E-state index in [1.807, 2.05) is 6.92 Å². The van der Waals surface area contributed by atoms with Crippen molar-refractivity contribution in [2.45, 2.75) is 70.9 Å². The maximum Gasteiger partial charge on any atom is 0.308 e. The molecule has 2 fully saturated rings. The van der Waals surface area contributed by atoms with Gasteiger partial charge in [0.15, 0.2) is 0 Å². The lowest BCUT2D eigenvalue weighted by Gasteiger charge is -2.40. The minimum Gasteiger partial charge on any atom is -0.466 e. The maximum atomic E-state index is 11.8. The van der Waals surface area contributed by atoms with Crippen LogP contribution in [-0.2, 0) is 9.53 Å². The quantitative estimate of drug-likeness (QED) is 0.793. The number of ether oxygens (including phenoxy) is 1. The third-order valence-corrected chi connectivity index (χ3v) is 5.22. The summed E-state index contributed by atoms with van der Waals surface area (Å²) in [5.74, 6) is 0.553.